The smallest absolute Gasteiger partial charge is 0.191 e. The number of benzene rings is 1. The Hall–Kier alpha value is -2.72. The summed E-state index contributed by atoms with van der Waals surface area (Å²) < 4.78 is 10.8. The van der Waals surface area contributed by atoms with E-state index in [9.17, 15) is 0 Å². The van der Waals surface area contributed by atoms with E-state index in [4.69, 9.17) is 15.9 Å². The molecule has 138 valence electrons. The van der Waals surface area contributed by atoms with E-state index in [0.29, 0.717) is 30.5 Å². The van der Waals surface area contributed by atoms with Gasteiger partial charge >= 0.3 is 0 Å². The van der Waals surface area contributed by atoms with Gasteiger partial charge in [0.05, 0.1) is 19.3 Å². The van der Waals surface area contributed by atoms with Crippen molar-refractivity contribution in [1.82, 2.24) is 15.6 Å². The van der Waals surface area contributed by atoms with Crippen LogP contribution in [0.5, 0.6) is 11.5 Å². The van der Waals surface area contributed by atoms with Crippen LogP contribution in [0.2, 0.25) is 0 Å². The third-order valence-corrected chi connectivity index (χ3v) is 4.78. The molecule has 26 heavy (non-hydrogen) atoms. The second kappa shape index (κ2) is 9.68. The van der Waals surface area contributed by atoms with Gasteiger partial charge in [-0.3, -0.25) is 4.99 Å². The van der Waals surface area contributed by atoms with Crippen molar-refractivity contribution in [3.63, 3.8) is 0 Å². The molecule has 1 heterocycles. The number of rotatable bonds is 7. The van der Waals surface area contributed by atoms with Crippen molar-refractivity contribution in [2.24, 2.45) is 4.99 Å². The van der Waals surface area contributed by atoms with Gasteiger partial charge in [0.1, 0.15) is 11.6 Å². The van der Waals surface area contributed by atoms with Crippen LogP contribution in [0.25, 0.3) is 0 Å². The fraction of sp³-hybridized carbons (Fsp3) is 0.368. The maximum absolute atomic E-state index is 5.53. The maximum atomic E-state index is 5.53. The zero-order valence-corrected chi connectivity index (χ0v) is 16.4. The Kier molecular flexibility index (Phi) is 7.30. The van der Waals surface area contributed by atoms with Gasteiger partial charge in [-0.15, -0.1) is 17.8 Å². The molecule has 0 fully saturated rings. The van der Waals surface area contributed by atoms with Crippen molar-refractivity contribution in [1.29, 1.82) is 0 Å². The standard InChI is InChI=1S/C19H24N4O2S/c1-6-9-25-17-10-15(7-8-16(17)24-5)11-21-19(20-4)22-12-18-23-13(2)14(3)26-18/h1,7-8,10H,9,11-12H2,2-5H3,(H2,20,21,22). The summed E-state index contributed by atoms with van der Waals surface area (Å²) in [5, 5.41) is 7.59. The molecule has 0 spiro atoms. The summed E-state index contributed by atoms with van der Waals surface area (Å²) in [4.78, 5) is 10.0. The molecule has 1 aromatic heterocycles. The second-order valence-electron chi connectivity index (χ2n) is 5.51. The first-order valence-corrected chi connectivity index (χ1v) is 8.99. The third-order valence-electron chi connectivity index (χ3n) is 3.70. The lowest BCUT2D eigenvalue weighted by Crippen LogP contribution is -2.36. The highest BCUT2D eigenvalue weighted by Gasteiger charge is 2.07. The van der Waals surface area contributed by atoms with E-state index >= 15 is 0 Å². The SMILES string of the molecule is C#CCOc1cc(CNC(=NC)NCc2nc(C)c(C)s2)ccc1OC. The van der Waals surface area contributed by atoms with Gasteiger partial charge in [0.25, 0.3) is 0 Å². The molecule has 1 aromatic carbocycles. The highest BCUT2D eigenvalue weighted by Crippen LogP contribution is 2.27. The number of aromatic nitrogens is 1. The monoisotopic (exact) mass is 372 g/mol. The minimum Gasteiger partial charge on any atom is -0.493 e. The lowest BCUT2D eigenvalue weighted by atomic mass is 10.2. The molecule has 2 N–H and O–H groups in total. The fourth-order valence-corrected chi connectivity index (χ4v) is 3.12. The van der Waals surface area contributed by atoms with Crippen LogP contribution in [0.3, 0.4) is 0 Å². The molecule has 0 aliphatic heterocycles. The number of aliphatic imine (C=N–C) groups is 1. The minimum atomic E-state index is 0.198. The zero-order chi connectivity index (χ0) is 18.9. The van der Waals surface area contributed by atoms with E-state index in [1.807, 2.05) is 25.1 Å². The summed E-state index contributed by atoms with van der Waals surface area (Å²) >= 11 is 1.69. The van der Waals surface area contributed by atoms with Gasteiger partial charge in [0.2, 0.25) is 0 Å². The van der Waals surface area contributed by atoms with Crippen molar-refractivity contribution in [2.75, 3.05) is 20.8 Å². The molecule has 0 saturated carbocycles. The number of methoxy groups -OCH3 is 1. The minimum absolute atomic E-state index is 0.198. The molecule has 0 saturated heterocycles. The number of guanidine groups is 1. The van der Waals surface area contributed by atoms with E-state index in [1.165, 1.54) is 4.88 Å². The number of ether oxygens (including phenoxy) is 2. The Balaban J connectivity index is 1.94. The number of thiazole rings is 1. The first-order valence-electron chi connectivity index (χ1n) is 8.18. The van der Waals surface area contributed by atoms with Crippen LogP contribution < -0.4 is 20.1 Å². The van der Waals surface area contributed by atoms with Gasteiger partial charge in [0.15, 0.2) is 17.5 Å². The molecule has 0 unspecified atom stereocenters. The van der Waals surface area contributed by atoms with Crippen LogP contribution in [0.4, 0.5) is 0 Å². The topological polar surface area (TPSA) is 67.8 Å². The van der Waals surface area contributed by atoms with Gasteiger partial charge in [-0.05, 0) is 31.5 Å². The lowest BCUT2D eigenvalue weighted by Gasteiger charge is -2.13. The number of aryl methyl sites for hydroxylation is 2. The fourth-order valence-electron chi connectivity index (χ4n) is 2.24. The number of nitrogens with one attached hydrogen (secondary N) is 2. The van der Waals surface area contributed by atoms with Crippen LogP contribution in [-0.4, -0.2) is 31.7 Å². The maximum Gasteiger partial charge on any atom is 0.191 e. The largest absolute Gasteiger partial charge is 0.493 e. The third kappa shape index (κ3) is 5.39. The van der Waals surface area contributed by atoms with Crippen LogP contribution in [0, 0.1) is 26.2 Å². The van der Waals surface area contributed by atoms with Crippen molar-refractivity contribution < 1.29 is 9.47 Å². The Morgan fingerprint density at radius 1 is 1.27 bits per heavy atom. The average molecular weight is 372 g/mol. The molecule has 0 aliphatic rings. The van der Waals surface area contributed by atoms with Gasteiger partial charge in [0, 0.05) is 18.5 Å². The highest BCUT2D eigenvalue weighted by atomic mass is 32.1. The molecule has 2 aromatic rings. The predicted octanol–water partition coefficient (Wildman–Crippen LogP) is 2.65. The van der Waals surface area contributed by atoms with Crippen molar-refractivity contribution in [3.05, 3.63) is 39.3 Å². The van der Waals surface area contributed by atoms with Gasteiger partial charge < -0.3 is 20.1 Å². The first-order chi connectivity index (χ1) is 12.6. The van der Waals surface area contributed by atoms with E-state index < -0.39 is 0 Å². The summed E-state index contributed by atoms with van der Waals surface area (Å²) in [5.74, 6) is 4.44. The molecule has 0 aliphatic carbocycles. The lowest BCUT2D eigenvalue weighted by molar-refractivity contribution is 0.330. The first kappa shape index (κ1) is 19.6. The van der Waals surface area contributed by atoms with Crippen molar-refractivity contribution in [3.8, 4) is 23.8 Å². The van der Waals surface area contributed by atoms with E-state index in [0.717, 1.165) is 16.3 Å². The zero-order valence-electron chi connectivity index (χ0n) is 15.5. The van der Waals surface area contributed by atoms with Gasteiger partial charge in [-0.1, -0.05) is 12.0 Å². The Morgan fingerprint density at radius 3 is 2.65 bits per heavy atom. The summed E-state index contributed by atoms with van der Waals surface area (Å²) in [6, 6.07) is 5.74. The van der Waals surface area contributed by atoms with Crippen molar-refractivity contribution >= 4 is 17.3 Å². The number of hydrogen-bond donors (Lipinski definition) is 2. The number of terminal acetylenes is 1. The molecule has 0 atom stereocenters. The van der Waals surface area contributed by atoms with E-state index in [2.05, 4.69) is 33.5 Å². The number of nitrogens with zero attached hydrogens (tertiary/aromatic N) is 2. The summed E-state index contributed by atoms with van der Waals surface area (Å²) in [5.41, 5.74) is 2.11. The van der Waals surface area contributed by atoms with Crippen LogP contribution in [0.1, 0.15) is 21.1 Å². The van der Waals surface area contributed by atoms with E-state index in [1.54, 1.807) is 25.5 Å². The Bertz CT molecular complexity index is 789. The van der Waals surface area contributed by atoms with Gasteiger partial charge in [-0.25, -0.2) is 4.98 Å². The van der Waals surface area contributed by atoms with E-state index in [-0.39, 0.29) is 6.61 Å². The second-order valence-corrected chi connectivity index (χ2v) is 6.79. The summed E-state index contributed by atoms with van der Waals surface area (Å²) in [7, 11) is 3.34. The molecule has 0 amide bonds. The molecule has 2 rings (SSSR count). The summed E-state index contributed by atoms with van der Waals surface area (Å²) in [6.45, 7) is 5.52. The van der Waals surface area contributed by atoms with Crippen molar-refractivity contribution in [2.45, 2.75) is 26.9 Å². The molecule has 0 radical (unpaired) electrons. The highest BCUT2D eigenvalue weighted by molar-refractivity contribution is 7.11. The molecular weight excluding hydrogens is 348 g/mol. The average Bonchev–Trinajstić information content (AvgIpc) is 2.97. The Morgan fingerprint density at radius 2 is 2.04 bits per heavy atom. The van der Waals surface area contributed by atoms with Crippen LogP contribution in [0.15, 0.2) is 23.2 Å². The quantitative estimate of drug-likeness (QED) is 0.444. The molecule has 0 bridgehead atoms. The normalized spacial score (nSPS) is 11.0. The van der Waals surface area contributed by atoms with Crippen LogP contribution in [-0.2, 0) is 13.1 Å². The molecule has 7 heteroatoms. The molecular formula is C19H24N4O2S. The number of hydrogen-bond acceptors (Lipinski definition) is 5. The van der Waals surface area contributed by atoms with Gasteiger partial charge in [-0.2, -0.15) is 0 Å². The Labute approximate surface area is 158 Å². The summed E-state index contributed by atoms with van der Waals surface area (Å²) in [6.07, 6.45) is 5.26. The van der Waals surface area contributed by atoms with Crippen LogP contribution >= 0.6 is 11.3 Å². The molecule has 6 nitrogen and oxygen atoms in total. The predicted molar refractivity (Wildman–Crippen MR) is 106 cm³/mol.